The molecule has 0 saturated carbocycles. The van der Waals surface area contributed by atoms with E-state index < -0.39 is 0 Å². The summed E-state index contributed by atoms with van der Waals surface area (Å²) in [6, 6.07) is 13.7. The molecule has 9 heteroatoms. The second kappa shape index (κ2) is 7.75. The number of halogens is 1. The average Bonchev–Trinajstić information content (AvgIpc) is 3.39. The lowest BCUT2D eigenvalue weighted by molar-refractivity contribution is -0.133. The van der Waals surface area contributed by atoms with Crippen molar-refractivity contribution in [1.82, 2.24) is 25.1 Å². The van der Waals surface area contributed by atoms with E-state index in [-0.39, 0.29) is 23.7 Å². The fourth-order valence-corrected chi connectivity index (χ4v) is 4.18. The Morgan fingerprint density at radius 3 is 2.96 bits per heavy atom. The van der Waals surface area contributed by atoms with E-state index >= 15 is 0 Å². The second-order valence-corrected chi connectivity index (χ2v) is 7.06. The zero-order valence-electron chi connectivity index (χ0n) is 14.2. The van der Waals surface area contributed by atoms with Gasteiger partial charge in [0.05, 0.1) is 5.69 Å². The van der Waals surface area contributed by atoms with Crippen LogP contribution in [0.5, 0.6) is 5.75 Å². The highest BCUT2D eigenvalue weighted by Crippen LogP contribution is 2.38. The molecule has 1 aliphatic heterocycles. The first-order valence-electron chi connectivity index (χ1n) is 8.34. The van der Waals surface area contributed by atoms with Gasteiger partial charge in [-0.2, -0.15) is 0 Å². The van der Waals surface area contributed by atoms with Crippen LogP contribution in [0.2, 0.25) is 0 Å². The first-order chi connectivity index (χ1) is 13.2. The number of nitrogens with zero attached hydrogens (tertiary/aromatic N) is 5. The summed E-state index contributed by atoms with van der Waals surface area (Å²) in [4.78, 5) is 14.3. The van der Waals surface area contributed by atoms with E-state index in [1.807, 2.05) is 6.07 Å². The maximum Gasteiger partial charge on any atom is 0.261 e. The van der Waals surface area contributed by atoms with Crippen molar-refractivity contribution in [2.24, 2.45) is 0 Å². The van der Waals surface area contributed by atoms with Gasteiger partial charge in [0.1, 0.15) is 23.3 Å². The van der Waals surface area contributed by atoms with Gasteiger partial charge in [-0.05, 0) is 28.6 Å². The highest BCUT2D eigenvalue weighted by molar-refractivity contribution is 7.99. The Balaban J connectivity index is 1.43. The number of hydrogen-bond donors (Lipinski definition) is 0. The van der Waals surface area contributed by atoms with Gasteiger partial charge in [-0.1, -0.05) is 24.3 Å². The Labute approximate surface area is 159 Å². The quantitative estimate of drug-likeness (QED) is 0.672. The number of amides is 1. The molecule has 0 spiro atoms. The molecular formula is C18H16FN5O2S. The average molecular weight is 385 g/mol. The number of ether oxygens (including phenoxy) is 1. The number of benzene rings is 2. The third-order valence-electron chi connectivity index (χ3n) is 4.18. The van der Waals surface area contributed by atoms with Gasteiger partial charge in [-0.25, -0.2) is 9.07 Å². The minimum Gasteiger partial charge on any atom is -0.484 e. The molecule has 27 heavy (non-hydrogen) atoms. The molecule has 2 aromatic carbocycles. The van der Waals surface area contributed by atoms with Crippen LogP contribution in [0, 0.1) is 5.82 Å². The summed E-state index contributed by atoms with van der Waals surface area (Å²) < 4.78 is 21.3. The summed E-state index contributed by atoms with van der Waals surface area (Å²) in [7, 11) is 0. The number of carbonyl (C=O) groups excluding carboxylic acids is 1. The van der Waals surface area contributed by atoms with Gasteiger partial charge in [0.15, 0.2) is 6.61 Å². The van der Waals surface area contributed by atoms with Crippen molar-refractivity contribution in [3.05, 3.63) is 66.2 Å². The number of tetrazole rings is 1. The van der Waals surface area contributed by atoms with Crippen molar-refractivity contribution in [3.63, 3.8) is 0 Å². The molecule has 0 radical (unpaired) electrons. The van der Waals surface area contributed by atoms with Crippen LogP contribution >= 0.6 is 11.8 Å². The molecule has 7 nitrogen and oxygen atoms in total. The molecular weight excluding hydrogens is 369 g/mol. The molecule has 1 fully saturated rings. The maximum absolute atomic E-state index is 14.1. The van der Waals surface area contributed by atoms with Crippen LogP contribution in [0.25, 0.3) is 5.69 Å². The van der Waals surface area contributed by atoms with Crippen LogP contribution in [0.1, 0.15) is 10.9 Å². The predicted octanol–water partition coefficient (Wildman–Crippen LogP) is 2.45. The van der Waals surface area contributed by atoms with Crippen molar-refractivity contribution in [3.8, 4) is 11.4 Å². The fraction of sp³-hybridized carbons (Fsp3) is 0.222. The van der Waals surface area contributed by atoms with Crippen LogP contribution in [0.3, 0.4) is 0 Å². The summed E-state index contributed by atoms with van der Waals surface area (Å²) in [5.74, 6) is 0.816. The van der Waals surface area contributed by atoms with Crippen LogP contribution in [-0.2, 0) is 4.79 Å². The molecule has 0 bridgehead atoms. The Hall–Kier alpha value is -2.94. The Morgan fingerprint density at radius 2 is 2.15 bits per heavy atom. The molecule has 2 heterocycles. The van der Waals surface area contributed by atoms with E-state index in [4.69, 9.17) is 4.74 Å². The molecule has 1 saturated heterocycles. The third kappa shape index (κ3) is 3.77. The Kier molecular flexibility index (Phi) is 5.01. The monoisotopic (exact) mass is 385 g/mol. The number of hydrogen-bond acceptors (Lipinski definition) is 6. The zero-order valence-corrected chi connectivity index (χ0v) is 15.1. The van der Waals surface area contributed by atoms with E-state index in [1.54, 1.807) is 53.1 Å². The molecule has 0 N–H and O–H groups in total. The van der Waals surface area contributed by atoms with Gasteiger partial charge in [-0.15, -0.1) is 16.9 Å². The predicted molar refractivity (Wildman–Crippen MR) is 98.0 cm³/mol. The zero-order chi connectivity index (χ0) is 18.6. The van der Waals surface area contributed by atoms with Crippen molar-refractivity contribution >= 4 is 17.7 Å². The second-order valence-electron chi connectivity index (χ2n) is 5.87. The Bertz CT molecular complexity index is 937. The minimum atomic E-state index is -0.324. The number of carbonyl (C=O) groups is 1. The van der Waals surface area contributed by atoms with E-state index in [2.05, 4.69) is 15.5 Å². The highest BCUT2D eigenvalue weighted by Gasteiger charge is 2.32. The lowest BCUT2D eigenvalue weighted by Gasteiger charge is -2.24. The summed E-state index contributed by atoms with van der Waals surface area (Å²) in [5.41, 5.74) is 1.25. The van der Waals surface area contributed by atoms with Gasteiger partial charge in [-0.3, -0.25) is 4.79 Å². The topological polar surface area (TPSA) is 73.1 Å². The molecule has 4 rings (SSSR count). The molecule has 1 aliphatic rings. The van der Waals surface area contributed by atoms with Gasteiger partial charge in [0.2, 0.25) is 0 Å². The SMILES string of the molecule is O=C(COc1cccc(-n2cnnn2)c1)N1CCS[C@H]1c1ccccc1F. The summed E-state index contributed by atoms with van der Waals surface area (Å²) >= 11 is 1.55. The number of aromatic nitrogens is 4. The van der Waals surface area contributed by atoms with Gasteiger partial charge in [0.25, 0.3) is 5.91 Å². The Morgan fingerprint density at radius 1 is 1.26 bits per heavy atom. The standard InChI is InChI=1S/C18H16FN5O2S/c19-16-7-2-1-6-15(16)18-23(8-9-27-18)17(25)11-26-14-5-3-4-13(10-14)24-12-20-21-22-24/h1-7,10,12,18H,8-9,11H2/t18-/m0/s1. The smallest absolute Gasteiger partial charge is 0.261 e. The number of rotatable bonds is 5. The largest absolute Gasteiger partial charge is 0.484 e. The van der Waals surface area contributed by atoms with Gasteiger partial charge >= 0.3 is 0 Å². The van der Waals surface area contributed by atoms with E-state index in [0.717, 1.165) is 11.4 Å². The number of thioether (sulfide) groups is 1. The molecule has 1 amide bonds. The van der Waals surface area contributed by atoms with Crippen molar-refractivity contribution in [2.45, 2.75) is 5.37 Å². The van der Waals surface area contributed by atoms with Gasteiger partial charge < -0.3 is 9.64 Å². The van der Waals surface area contributed by atoms with Crippen LogP contribution in [-0.4, -0.2) is 49.9 Å². The summed E-state index contributed by atoms with van der Waals surface area (Å²) in [6.45, 7) is 0.446. The minimum absolute atomic E-state index is 0.120. The van der Waals surface area contributed by atoms with Crippen molar-refractivity contribution in [2.75, 3.05) is 18.9 Å². The first kappa shape index (κ1) is 17.5. The third-order valence-corrected chi connectivity index (χ3v) is 5.42. The van der Waals surface area contributed by atoms with E-state index in [9.17, 15) is 9.18 Å². The molecule has 3 aromatic rings. The molecule has 1 atom stereocenters. The van der Waals surface area contributed by atoms with Crippen molar-refractivity contribution in [1.29, 1.82) is 0 Å². The molecule has 0 aliphatic carbocycles. The van der Waals surface area contributed by atoms with Crippen LogP contribution in [0.15, 0.2) is 54.9 Å². The summed E-state index contributed by atoms with van der Waals surface area (Å²) in [5, 5.41) is 10.7. The van der Waals surface area contributed by atoms with E-state index in [1.165, 1.54) is 17.1 Å². The van der Waals surface area contributed by atoms with Gasteiger partial charge in [0, 0.05) is 23.9 Å². The maximum atomic E-state index is 14.1. The highest BCUT2D eigenvalue weighted by atomic mass is 32.2. The lowest BCUT2D eigenvalue weighted by atomic mass is 10.2. The van der Waals surface area contributed by atoms with Crippen LogP contribution < -0.4 is 4.74 Å². The normalized spacial score (nSPS) is 16.5. The van der Waals surface area contributed by atoms with E-state index in [0.29, 0.717) is 17.9 Å². The fourth-order valence-electron chi connectivity index (χ4n) is 2.88. The summed E-state index contributed by atoms with van der Waals surface area (Å²) in [6.07, 6.45) is 1.48. The molecule has 138 valence electrons. The first-order valence-corrected chi connectivity index (χ1v) is 9.39. The lowest BCUT2D eigenvalue weighted by Crippen LogP contribution is -2.34. The molecule has 0 unspecified atom stereocenters. The van der Waals surface area contributed by atoms with Crippen molar-refractivity contribution < 1.29 is 13.9 Å². The molecule has 1 aromatic heterocycles. The van der Waals surface area contributed by atoms with Crippen LogP contribution in [0.4, 0.5) is 4.39 Å².